The molecule has 1 fully saturated rings. The maximum Gasteiger partial charge on any atom is 0.417 e. The van der Waals surface area contributed by atoms with Crippen LogP contribution in [0.25, 0.3) is 11.3 Å². The molecule has 0 unspecified atom stereocenters. The first-order chi connectivity index (χ1) is 13.9. The van der Waals surface area contributed by atoms with Crippen molar-refractivity contribution in [1.82, 2.24) is 19.9 Å². The van der Waals surface area contributed by atoms with Gasteiger partial charge in [-0.3, -0.25) is 4.98 Å². The van der Waals surface area contributed by atoms with Gasteiger partial charge in [0.15, 0.2) is 11.6 Å². The van der Waals surface area contributed by atoms with Crippen LogP contribution in [0.3, 0.4) is 0 Å². The number of alkyl halides is 3. The summed E-state index contributed by atoms with van der Waals surface area (Å²) in [6, 6.07) is 5.98. The molecule has 0 bridgehead atoms. The van der Waals surface area contributed by atoms with Gasteiger partial charge in [-0.15, -0.1) is 0 Å². The lowest BCUT2D eigenvalue weighted by Gasteiger charge is -2.35. The van der Waals surface area contributed by atoms with E-state index in [1.165, 1.54) is 0 Å². The van der Waals surface area contributed by atoms with E-state index in [4.69, 9.17) is 0 Å². The number of piperazine rings is 1. The number of hydrogen-bond acceptors (Lipinski definition) is 6. The largest absolute Gasteiger partial charge is 0.417 e. The average molecular weight is 404 g/mol. The van der Waals surface area contributed by atoms with E-state index in [1.54, 1.807) is 29.6 Å². The van der Waals surface area contributed by atoms with Crippen LogP contribution < -0.4 is 9.80 Å². The van der Waals surface area contributed by atoms with Crippen molar-refractivity contribution in [3.8, 4) is 11.3 Å². The molecule has 0 atom stereocenters. The molecule has 1 saturated heterocycles. The minimum absolute atomic E-state index is 0.0795. The first-order valence-electron chi connectivity index (χ1n) is 8.88. The summed E-state index contributed by atoms with van der Waals surface area (Å²) in [5, 5.41) is 0. The Morgan fingerprint density at radius 2 is 1.55 bits per heavy atom. The Morgan fingerprint density at radius 1 is 0.862 bits per heavy atom. The lowest BCUT2D eigenvalue weighted by atomic mass is 10.2. The third-order valence-electron chi connectivity index (χ3n) is 4.63. The van der Waals surface area contributed by atoms with Gasteiger partial charge in [0, 0.05) is 56.5 Å². The van der Waals surface area contributed by atoms with Crippen LogP contribution in [0.4, 0.5) is 29.3 Å². The van der Waals surface area contributed by atoms with E-state index >= 15 is 0 Å². The van der Waals surface area contributed by atoms with Gasteiger partial charge in [-0.2, -0.15) is 13.2 Å². The minimum Gasteiger partial charge on any atom is -0.351 e. The monoisotopic (exact) mass is 404 g/mol. The summed E-state index contributed by atoms with van der Waals surface area (Å²) >= 11 is 0. The zero-order valence-electron chi connectivity index (χ0n) is 15.1. The Labute approximate surface area is 163 Å². The Balaban J connectivity index is 1.46. The molecule has 0 radical (unpaired) electrons. The molecule has 29 heavy (non-hydrogen) atoms. The summed E-state index contributed by atoms with van der Waals surface area (Å²) in [5.41, 5.74) is 0.576. The highest BCUT2D eigenvalue weighted by molar-refractivity contribution is 5.59. The summed E-state index contributed by atoms with van der Waals surface area (Å²) < 4.78 is 52.3. The van der Waals surface area contributed by atoms with Crippen LogP contribution >= 0.6 is 0 Å². The van der Waals surface area contributed by atoms with Crippen LogP contribution in [-0.2, 0) is 6.18 Å². The van der Waals surface area contributed by atoms with Crippen molar-refractivity contribution >= 4 is 11.8 Å². The predicted molar refractivity (Wildman–Crippen MR) is 98.9 cm³/mol. The molecule has 0 saturated carbocycles. The standard InChI is InChI=1S/C19H16F4N6/c20-15-11-14(19(21,22)23)12-26-17(15)28-7-9-29(10-8-28)18-25-6-3-16(27-18)13-1-4-24-5-2-13/h1-6,11-12H,7-10H2. The zero-order valence-corrected chi connectivity index (χ0v) is 15.1. The lowest BCUT2D eigenvalue weighted by Crippen LogP contribution is -2.47. The van der Waals surface area contributed by atoms with E-state index in [-0.39, 0.29) is 5.82 Å². The van der Waals surface area contributed by atoms with Gasteiger partial charge in [0.2, 0.25) is 5.95 Å². The summed E-state index contributed by atoms with van der Waals surface area (Å²) in [6.07, 6.45) is 1.07. The van der Waals surface area contributed by atoms with Crippen LogP contribution in [-0.4, -0.2) is 46.1 Å². The molecule has 1 aliphatic heterocycles. The van der Waals surface area contributed by atoms with Crippen LogP contribution in [0.15, 0.2) is 49.1 Å². The van der Waals surface area contributed by atoms with Crippen LogP contribution in [0.1, 0.15) is 5.56 Å². The summed E-state index contributed by atoms with van der Waals surface area (Å²) in [7, 11) is 0. The summed E-state index contributed by atoms with van der Waals surface area (Å²) in [6.45, 7) is 1.75. The van der Waals surface area contributed by atoms with Gasteiger partial charge in [0.25, 0.3) is 0 Å². The highest BCUT2D eigenvalue weighted by Gasteiger charge is 2.32. The molecule has 10 heteroatoms. The fourth-order valence-corrected chi connectivity index (χ4v) is 3.12. The molecular weight excluding hydrogens is 388 g/mol. The van der Waals surface area contributed by atoms with Gasteiger partial charge in [0.05, 0.1) is 11.3 Å². The molecule has 0 N–H and O–H groups in total. The number of aromatic nitrogens is 4. The van der Waals surface area contributed by atoms with E-state index < -0.39 is 17.6 Å². The summed E-state index contributed by atoms with van der Waals surface area (Å²) in [4.78, 5) is 20.1. The van der Waals surface area contributed by atoms with Crippen LogP contribution in [0, 0.1) is 5.82 Å². The SMILES string of the molecule is Fc1cc(C(F)(F)F)cnc1N1CCN(c2nccc(-c3ccncc3)n2)CC1. The maximum absolute atomic E-state index is 14.2. The smallest absolute Gasteiger partial charge is 0.351 e. The van der Waals surface area contributed by atoms with Gasteiger partial charge < -0.3 is 9.80 Å². The first-order valence-corrected chi connectivity index (χ1v) is 8.88. The van der Waals surface area contributed by atoms with E-state index in [9.17, 15) is 17.6 Å². The van der Waals surface area contributed by atoms with Crippen molar-refractivity contribution in [2.75, 3.05) is 36.0 Å². The Kier molecular flexibility index (Phi) is 4.99. The Morgan fingerprint density at radius 3 is 2.21 bits per heavy atom. The molecule has 6 nitrogen and oxygen atoms in total. The van der Waals surface area contributed by atoms with Gasteiger partial charge >= 0.3 is 6.18 Å². The molecule has 4 heterocycles. The normalized spacial score (nSPS) is 14.9. The number of anilines is 2. The number of pyridine rings is 2. The molecule has 1 aliphatic rings. The molecule has 0 spiro atoms. The number of hydrogen-bond donors (Lipinski definition) is 0. The lowest BCUT2D eigenvalue weighted by molar-refractivity contribution is -0.138. The van der Waals surface area contributed by atoms with Crippen LogP contribution in [0.2, 0.25) is 0 Å². The number of nitrogens with zero attached hydrogens (tertiary/aromatic N) is 6. The second kappa shape index (κ2) is 7.61. The average Bonchev–Trinajstić information content (AvgIpc) is 2.74. The third-order valence-corrected chi connectivity index (χ3v) is 4.63. The van der Waals surface area contributed by atoms with E-state index in [0.29, 0.717) is 44.4 Å². The van der Waals surface area contributed by atoms with Gasteiger partial charge in [-0.25, -0.2) is 19.3 Å². The number of rotatable bonds is 3. The van der Waals surface area contributed by atoms with Crippen molar-refractivity contribution in [2.24, 2.45) is 0 Å². The first kappa shape index (κ1) is 19.0. The topological polar surface area (TPSA) is 58.0 Å². The number of halogens is 4. The highest BCUT2D eigenvalue weighted by Crippen LogP contribution is 2.31. The highest BCUT2D eigenvalue weighted by atomic mass is 19.4. The molecule has 3 aromatic rings. The van der Waals surface area contributed by atoms with Crippen molar-refractivity contribution in [3.05, 3.63) is 60.4 Å². The fourth-order valence-electron chi connectivity index (χ4n) is 3.12. The van der Waals surface area contributed by atoms with Crippen LogP contribution in [0.5, 0.6) is 0 Å². The molecule has 0 aliphatic carbocycles. The molecule has 3 aromatic heterocycles. The fraction of sp³-hybridized carbons (Fsp3) is 0.263. The second-order valence-corrected chi connectivity index (χ2v) is 6.48. The molecule has 150 valence electrons. The third kappa shape index (κ3) is 4.10. The van der Waals surface area contributed by atoms with Crippen molar-refractivity contribution in [3.63, 3.8) is 0 Å². The van der Waals surface area contributed by atoms with E-state index in [2.05, 4.69) is 19.9 Å². The van der Waals surface area contributed by atoms with E-state index in [0.717, 1.165) is 11.3 Å². The molecule has 0 amide bonds. The summed E-state index contributed by atoms with van der Waals surface area (Å²) in [5.74, 6) is -0.520. The molecule has 4 rings (SSSR count). The van der Waals surface area contributed by atoms with Gasteiger partial charge in [-0.05, 0) is 24.3 Å². The van der Waals surface area contributed by atoms with Crippen molar-refractivity contribution in [1.29, 1.82) is 0 Å². The quantitative estimate of drug-likeness (QED) is 0.624. The van der Waals surface area contributed by atoms with Crippen molar-refractivity contribution < 1.29 is 17.6 Å². The zero-order chi connectivity index (χ0) is 20.4. The van der Waals surface area contributed by atoms with Gasteiger partial charge in [-0.1, -0.05) is 0 Å². The Bertz CT molecular complexity index is 987. The molecular formula is C19H16F4N6. The van der Waals surface area contributed by atoms with Gasteiger partial charge in [0.1, 0.15) is 0 Å². The van der Waals surface area contributed by atoms with E-state index in [1.807, 2.05) is 17.0 Å². The van der Waals surface area contributed by atoms with Crippen molar-refractivity contribution in [2.45, 2.75) is 6.18 Å². The second-order valence-electron chi connectivity index (χ2n) is 6.48. The maximum atomic E-state index is 14.2. The predicted octanol–water partition coefficient (Wildman–Crippen LogP) is 3.42. The Hall–Kier alpha value is -3.30. The minimum atomic E-state index is -4.62. The molecule has 0 aromatic carbocycles.